The van der Waals surface area contributed by atoms with Crippen LogP contribution in [0, 0.1) is 37.7 Å². The molecule has 0 saturated heterocycles. The monoisotopic (exact) mass is 623 g/mol. The van der Waals surface area contributed by atoms with Gasteiger partial charge in [-0.05, 0) is 36.7 Å². The van der Waals surface area contributed by atoms with Crippen LogP contribution in [0.5, 0.6) is 0 Å². The van der Waals surface area contributed by atoms with Crippen LogP contribution < -0.4 is 0 Å². The summed E-state index contributed by atoms with van der Waals surface area (Å²) in [5.41, 5.74) is 6.09. The molecular weight excluding hydrogens is 587 g/mol. The van der Waals surface area contributed by atoms with Crippen LogP contribution in [0.1, 0.15) is 58.2 Å². The number of aromatic nitrogens is 1. The van der Waals surface area contributed by atoms with E-state index in [0.717, 1.165) is 16.8 Å². The Balaban J connectivity index is 0.000000346. The number of carbonyl (C=O) groups excluding carboxylic acids is 1. The van der Waals surface area contributed by atoms with Crippen molar-refractivity contribution in [2.24, 2.45) is 10.8 Å². The van der Waals surface area contributed by atoms with Crippen molar-refractivity contribution in [3.63, 3.8) is 0 Å². The second-order valence-electron chi connectivity index (χ2n) is 10.5. The molecule has 0 aliphatic carbocycles. The number of hydrogen-bond acceptors (Lipinski definition) is 3. The van der Waals surface area contributed by atoms with Crippen LogP contribution in [-0.2, 0) is 24.9 Å². The maximum atomic E-state index is 11.5. The summed E-state index contributed by atoms with van der Waals surface area (Å²) in [7, 11) is 0. The van der Waals surface area contributed by atoms with Crippen molar-refractivity contribution in [2.75, 3.05) is 0 Å². The normalized spacial score (nSPS) is 12.0. The van der Waals surface area contributed by atoms with Crippen molar-refractivity contribution in [1.29, 1.82) is 0 Å². The summed E-state index contributed by atoms with van der Waals surface area (Å²) in [6.45, 7) is 17.4. The third-order valence-electron chi connectivity index (χ3n) is 5.18. The summed E-state index contributed by atoms with van der Waals surface area (Å²) in [5, 5.41) is 10.8. The van der Waals surface area contributed by atoms with Gasteiger partial charge in [0.15, 0.2) is 5.78 Å². The molecule has 0 fully saturated rings. The van der Waals surface area contributed by atoms with Gasteiger partial charge in [-0.1, -0.05) is 66.7 Å². The van der Waals surface area contributed by atoms with Gasteiger partial charge in [0.05, 0.1) is 5.52 Å². The number of pyridine rings is 1. The molecule has 179 valence electrons. The quantitative estimate of drug-likeness (QED) is 0.181. The molecule has 1 radical (unpaired) electrons. The zero-order valence-electron chi connectivity index (χ0n) is 21.3. The van der Waals surface area contributed by atoms with Gasteiger partial charge in [-0.2, -0.15) is 0 Å². The van der Waals surface area contributed by atoms with Gasteiger partial charge in [0, 0.05) is 42.4 Å². The first-order valence-electron chi connectivity index (χ1n) is 11.0. The Bertz CT molecular complexity index is 1150. The summed E-state index contributed by atoms with van der Waals surface area (Å²) in [5.74, 6) is 0.104. The van der Waals surface area contributed by atoms with Crippen LogP contribution in [-0.4, -0.2) is 15.9 Å². The largest absolute Gasteiger partial charge is 0.512 e. The molecule has 3 rings (SSSR count). The number of nitrogens with zero attached hydrogens (tertiary/aromatic N) is 1. The molecule has 3 nitrogen and oxygen atoms in total. The summed E-state index contributed by atoms with van der Waals surface area (Å²) in [6, 6.07) is 18.0. The summed E-state index contributed by atoms with van der Waals surface area (Å²) in [6.07, 6.45) is 1.33. The van der Waals surface area contributed by atoms with E-state index >= 15 is 0 Å². The minimum absolute atomic E-state index is 0. The number of allylic oxidation sites excluding steroid dienone is 2. The molecular formula is C29H36IrNO2-. The van der Waals surface area contributed by atoms with Gasteiger partial charge in [0.2, 0.25) is 0 Å². The van der Waals surface area contributed by atoms with Crippen LogP contribution in [0.4, 0.5) is 0 Å². The van der Waals surface area contributed by atoms with Crippen LogP contribution in [0.15, 0.2) is 54.3 Å². The van der Waals surface area contributed by atoms with Crippen LogP contribution >= 0.6 is 0 Å². The predicted molar refractivity (Wildman–Crippen MR) is 135 cm³/mol. The number of aryl methyl sites for hydroxylation is 3. The van der Waals surface area contributed by atoms with Crippen molar-refractivity contribution in [2.45, 2.75) is 62.3 Å². The zero-order valence-corrected chi connectivity index (χ0v) is 23.6. The molecule has 2 aromatic carbocycles. The molecule has 0 bridgehead atoms. The predicted octanol–water partition coefficient (Wildman–Crippen LogP) is 7.71. The molecule has 0 aliphatic heterocycles. The zero-order chi connectivity index (χ0) is 24.3. The standard InChI is InChI=1S/C18H16N.C11H20O2.Ir/c1-12-5-4-6-15(9-12)17-11-14(3)16-8-7-13(2)10-18(16)19-17;1-10(2,3)8(12)7-9(13)11(4,5)6;/h4-5,7-11H,1-3H3;7,12H,1-6H3;/q-1;;/b;8-7-;. The Morgan fingerprint density at radius 2 is 1.52 bits per heavy atom. The van der Waals surface area contributed by atoms with Crippen molar-refractivity contribution in [3.8, 4) is 11.3 Å². The smallest absolute Gasteiger partial charge is 0.164 e. The van der Waals surface area contributed by atoms with E-state index in [0.29, 0.717) is 0 Å². The van der Waals surface area contributed by atoms with Crippen LogP contribution in [0.3, 0.4) is 0 Å². The average Bonchev–Trinajstić information content (AvgIpc) is 2.66. The number of ketones is 1. The van der Waals surface area contributed by atoms with Gasteiger partial charge in [-0.25, -0.2) is 0 Å². The Hall–Kier alpha value is -2.29. The summed E-state index contributed by atoms with van der Waals surface area (Å²) >= 11 is 0. The summed E-state index contributed by atoms with van der Waals surface area (Å²) in [4.78, 5) is 16.3. The van der Waals surface area contributed by atoms with Crippen LogP contribution in [0.25, 0.3) is 22.2 Å². The fourth-order valence-corrected chi connectivity index (χ4v) is 2.94. The first-order chi connectivity index (χ1) is 14.7. The maximum absolute atomic E-state index is 11.5. The van der Waals surface area contributed by atoms with E-state index in [4.69, 9.17) is 4.98 Å². The maximum Gasteiger partial charge on any atom is 0.164 e. The molecule has 0 amide bonds. The van der Waals surface area contributed by atoms with Gasteiger partial charge >= 0.3 is 0 Å². The summed E-state index contributed by atoms with van der Waals surface area (Å²) < 4.78 is 0. The van der Waals surface area contributed by atoms with Gasteiger partial charge in [0.1, 0.15) is 5.76 Å². The van der Waals surface area contributed by atoms with Crippen molar-refractivity contribution >= 4 is 16.7 Å². The van der Waals surface area contributed by atoms with E-state index in [1.54, 1.807) is 0 Å². The van der Waals surface area contributed by atoms with E-state index in [-0.39, 0.29) is 37.1 Å². The molecule has 33 heavy (non-hydrogen) atoms. The first-order valence-corrected chi connectivity index (χ1v) is 11.0. The molecule has 0 spiro atoms. The molecule has 0 saturated carbocycles. The Labute approximate surface area is 212 Å². The van der Waals surface area contributed by atoms with E-state index in [1.165, 1.54) is 28.2 Å². The van der Waals surface area contributed by atoms with E-state index in [1.807, 2.05) is 47.6 Å². The number of aliphatic hydroxyl groups excluding tert-OH is 1. The average molecular weight is 623 g/mol. The number of benzene rings is 2. The van der Waals surface area contributed by atoms with Gasteiger partial charge in [0.25, 0.3) is 0 Å². The fraction of sp³-hybridized carbons (Fsp3) is 0.379. The molecule has 3 aromatic rings. The van der Waals surface area contributed by atoms with Gasteiger partial charge in [-0.15, -0.1) is 35.4 Å². The molecule has 0 unspecified atom stereocenters. The molecule has 0 aliphatic rings. The molecule has 1 N–H and O–H groups in total. The van der Waals surface area contributed by atoms with Crippen LogP contribution in [0.2, 0.25) is 0 Å². The topological polar surface area (TPSA) is 50.2 Å². The molecule has 4 heteroatoms. The van der Waals surface area contributed by atoms with Gasteiger partial charge < -0.3 is 5.11 Å². The number of aliphatic hydroxyl groups is 1. The second-order valence-corrected chi connectivity index (χ2v) is 10.5. The minimum atomic E-state index is -0.417. The molecule has 0 atom stereocenters. The van der Waals surface area contributed by atoms with Crippen molar-refractivity contribution in [1.82, 2.24) is 4.98 Å². The molecule has 1 aromatic heterocycles. The van der Waals surface area contributed by atoms with E-state index in [2.05, 4.69) is 63.2 Å². The number of fused-ring (bicyclic) bond motifs is 1. The van der Waals surface area contributed by atoms with E-state index < -0.39 is 5.41 Å². The minimum Gasteiger partial charge on any atom is -0.512 e. The number of hydrogen-bond donors (Lipinski definition) is 1. The Morgan fingerprint density at radius 1 is 0.909 bits per heavy atom. The number of rotatable bonds is 2. The molecule has 1 heterocycles. The Kier molecular flexibility index (Phi) is 9.78. The second kappa shape index (κ2) is 11.2. The van der Waals surface area contributed by atoms with Crippen molar-refractivity contribution < 1.29 is 30.0 Å². The fourth-order valence-electron chi connectivity index (χ4n) is 2.94. The third kappa shape index (κ3) is 8.21. The van der Waals surface area contributed by atoms with Crippen molar-refractivity contribution in [3.05, 3.63) is 77.1 Å². The third-order valence-corrected chi connectivity index (χ3v) is 5.18. The Morgan fingerprint density at radius 3 is 2.06 bits per heavy atom. The van der Waals surface area contributed by atoms with E-state index in [9.17, 15) is 9.90 Å². The van der Waals surface area contributed by atoms with Gasteiger partial charge in [-0.3, -0.25) is 9.78 Å². The SMILES string of the molecule is CC(C)(C)C(=O)/C=C(\O)C(C)(C)C.Cc1cc[c-]c(-c2cc(C)c3ccc(C)cc3n2)c1.[Ir]. The number of carbonyl (C=O) groups is 1. The first kappa shape index (κ1) is 28.7.